The maximum Gasteiger partial charge on any atom is 0.121 e. The smallest absolute Gasteiger partial charge is 0.121 e. The summed E-state index contributed by atoms with van der Waals surface area (Å²) >= 11 is 0. The van der Waals surface area contributed by atoms with E-state index >= 15 is 0 Å². The van der Waals surface area contributed by atoms with Gasteiger partial charge in [-0.1, -0.05) is 19.6 Å². The van der Waals surface area contributed by atoms with Crippen molar-refractivity contribution in [2.75, 3.05) is 0 Å². The van der Waals surface area contributed by atoms with Crippen molar-refractivity contribution in [1.82, 2.24) is 0 Å². The summed E-state index contributed by atoms with van der Waals surface area (Å²) in [5.41, 5.74) is 0.576. The zero-order chi connectivity index (χ0) is 6.57. The average Bonchev–Trinajstić information content (AvgIpc) is 1.84. The Kier molecular flexibility index (Phi) is 3.16. The van der Waals surface area contributed by atoms with Gasteiger partial charge in [-0.2, -0.15) is 0 Å². The molecule has 0 aliphatic rings. The van der Waals surface area contributed by atoms with Crippen molar-refractivity contribution in [1.29, 1.82) is 0 Å². The van der Waals surface area contributed by atoms with Gasteiger partial charge in [0.05, 0.1) is 0 Å². The largest absolute Gasteiger partial charge is 0.207 e. The lowest BCUT2D eigenvalue weighted by atomic mass is 10.2. The summed E-state index contributed by atoms with van der Waals surface area (Å²) in [6, 6.07) is 0. The Balaban J connectivity index is 3.83. The molecule has 0 radical (unpaired) electrons. The predicted molar refractivity (Wildman–Crippen MR) is 34.3 cm³/mol. The quantitative estimate of drug-likeness (QED) is 0.484. The highest BCUT2D eigenvalue weighted by atomic mass is 19.1. The van der Waals surface area contributed by atoms with Crippen LogP contribution in [0, 0.1) is 0 Å². The molecule has 8 heavy (non-hydrogen) atoms. The van der Waals surface area contributed by atoms with Gasteiger partial charge in [0.2, 0.25) is 0 Å². The van der Waals surface area contributed by atoms with Crippen LogP contribution in [0.2, 0.25) is 0 Å². The molecule has 0 aliphatic carbocycles. The summed E-state index contributed by atoms with van der Waals surface area (Å²) in [5, 5.41) is 0. The Labute approximate surface area is 49.7 Å². The van der Waals surface area contributed by atoms with Gasteiger partial charge in [0.25, 0.3) is 0 Å². The lowest BCUT2D eigenvalue weighted by Crippen LogP contribution is -1.75. The van der Waals surface area contributed by atoms with Gasteiger partial charge in [-0.05, 0) is 18.9 Å². The highest BCUT2D eigenvalue weighted by Crippen LogP contribution is 2.10. The molecule has 0 amide bonds. The number of hydrogen-bond donors (Lipinski definition) is 0. The molecular formula is C7H11F. The summed E-state index contributed by atoms with van der Waals surface area (Å²) in [5.74, 6) is -0.187. The Morgan fingerprint density at radius 1 is 1.75 bits per heavy atom. The van der Waals surface area contributed by atoms with E-state index in [9.17, 15) is 4.39 Å². The lowest BCUT2D eigenvalue weighted by Gasteiger charge is -1.93. The van der Waals surface area contributed by atoms with E-state index in [-0.39, 0.29) is 5.83 Å². The summed E-state index contributed by atoms with van der Waals surface area (Å²) in [4.78, 5) is 0. The monoisotopic (exact) mass is 114 g/mol. The van der Waals surface area contributed by atoms with E-state index in [1.54, 1.807) is 6.92 Å². The molecule has 0 aromatic heterocycles. The minimum atomic E-state index is -0.187. The maximum absolute atomic E-state index is 12.3. The minimum absolute atomic E-state index is 0.187. The van der Waals surface area contributed by atoms with Gasteiger partial charge < -0.3 is 0 Å². The number of halogens is 1. The van der Waals surface area contributed by atoms with Crippen molar-refractivity contribution in [3.05, 3.63) is 24.1 Å². The van der Waals surface area contributed by atoms with Gasteiger partial charge in [-0.3, -0.25) is 0 Å². The van der Waals surface area contributed by atoms with Crippen LogP contribution in [-0.2, 0) is 0 Å². The maximum atomic E-state index is 12.3. The van der Waals surface area contributed by atoms with E-state index in [1.807, 2.05) is 6.92 Å². The van der Waals surface area contributed by atoms with Crippen LogP contribution < -0.4 is 0 Å². The molecule has 0 aliphatic heterocycles. The fraction of sp³-hybridized carbons (Fsp3) is 0.429. The Morgan fingerprint density at radius 2 is 2.25 bits per heavy atom. The molecule has 0 spiro atoms. The normalized spacial score (nSPS) is 11.6. The van der Waals surface area contributed by atoms with Crippen molar-refractivity contribution < 1.29 is 4.39 Å². The highest BCUT2D eigenvalue weighted by molar-refractivity contribution is 5.20. The molecule has 46 valence electrons. The molecule has 0 aromatic rings. The van der Waals surface area contributed by atoms with E-state index < -0.39 is 0 Å². The van der Waals surface area contributed by atoms with Crippen LogP contribution in [0.15, 0.2) is 24.1 Å². The van der Waals surface area contributed by atoms with Crippen molar-refractivity contribution in [3.63, 3.8) is 0 Å². The molecule has 0 fully saturated rings. The van der Waals surface area contributed by atoms with Crippen LogP contribution >= 0.6 is 0 Å². The predicted octanol–water partition coefficient (Wildman–Crippen LogP) is 2.83. The van der Waals surface area contributed by atoms with Crippen LogP contribution in [0.3, 0.4) is 0 Å². The average molecular weight is 114 g/mol. The lowest BCUT2D eigenvalue weighted by molar-refractivity contribution is 0.642. The van der Waals surface area contributed by atoms with Crippen molar-refractivity contribution >= 4 is 0 Å². The van der Waals surface area contributed by atoms with Gasteiger partial charge in [0.15, 0.2) is 0 Å². The zero-order valence-electron chi connectivity index (χ0n) is 5.37. The molecule has 1 heteroatoms. The second-order valence-corrected chi connectivity index (χ2v) is 1.59. The summed E-state index contributed by atoms with van der Waals surface area (Å²) in [7, 11) is 0. The van der Waals surface area contributed by atoms with Crippen LogP contribution in [0.1, 0.15) is 20.3 Å². The van der Waals surface area contributed by atoms with Gasteiger partial charge in [-0.25, -0.2) is 4.39 Å². The first-order valence-corrected chi connectivity index (χ1v) is 2.72. The van der Waals surface area contributed by atoms with E-state index in [0.29, 0.717) is 12.0 Å². The molecule has 0 unspecified atom stereocenters. The van der Waals surface area contributed by atoms with E-state index in [2.05, 4.69) is 6.58 Å². The van der Waals surface area contributed by atoms with E-state index in [0.717, 1.165) is 0 Å². The molecule has 0 aromatic carbocycles. The Hall–Kier alpha value is -0.590. The summed E-state index contributed by atoms with van der Waals surface area (Å²) < 4.78 is 12.3. The zero-order valence-corrected chi connectivity index (χ0v) is 5.37. The second kappa shape index (κ2) is 3.42. The summed E-state index contributed by atoms with van der Waals surface area (Å²) in [6.07, 6.45) is 2.11. The van der Waals surface area contributed by atoms with E-state index in [4.69, 9.17) is 0 Å². The Bertz CT molecular complexity index is 112. The van der Waals surface area contributed by atoms with Crippen molar-refractivity contribution in [3.8, 4) is 0 Å². The number of allylic oxidation sites excluding steroid dienone is 3. The fourth-order valence-electron chi connectivity index (χ4n) is 0.373. The number of hydrogen-bond acceptors (Lipinski definition) is 0. The van der Waals surface area contributed by atoms with Crippen LogP contribution in [0.4, 0.5) is 4.39 Å². The molecular weight excluding hydrogens is 103 g/mol. The van der Waals surface area contributed by atoms with Crippen molar-refractivity contribution in [2.45, 2.75) is 20.3 Å². The second-order valence-electron chi connectivity index (χ2n) is 1.59. The van der Waals surface area contributed by atoms with E-state index in [1.165, 1.54) is 6.08 Å². The van der Waals surface area contributed by atoms with Gasteiger partial charge in [-0.15, -0.1) is 0 Å². The minimum Gasteiger partial charge on any atom is -0.207 e. The molecule has 0 saturated carbocycles. The molecule has 0 saturated heterocycles. The number of rotatable bonds is 2. The van der Waals surface area contributed by atoms with Crippen LogP contribution in [0.25, 0.3) is 0 Å². The molecule has 0 atom stereocenters. The van der Waals surface area contributed by atoms with Crippen LogP contribution in [0.5, 0.6) is 0 Å². The van der Waals surface area contributed by atoms with Gasteiger partial charge in [0, 0.05) is 0 Å². The molecule has 0 N–H and O–H groups in total. The third-order valence-corrected chi connectivity index (χ3v) is 1.02. The first-order chi connectivity index (χ1) is 3.72. The standard InChI is InChI=1S/C7H11F/c1-4-6(3)7(8)5-2/h5H,3-4H2,1-2H3/b7-5+. The topological polar surface area (TPSA) is 0 Å². The molecule has 0 rings (SSSR count). The molecule has 0 nitrogen and oxygen atoms in total. The van der Waals surface area contributed by atoms with Crippen LogP contribution in [-0.4, -0.2) is 0 Å². The SMILES string of the molecule is C=C(CC)/C(F)=C\C. The fourth-order valence-corrected chi connectivity index (χ4v) is 0.373. The summed E-state index contributed by atoms with van der Waals surface area (Å²) in [6.45, 7) is 7.04. The molecule has 0 bridgehead atoms. The third-order valence-electron chi connectivity index (χ3n) is 1.02. The first-order valence-electron chi connectivity index (χ1n) is 2.72. The molecule has 0 heterocycles. The Morgan fingerprint density at radius 3 is 2.38 bits per heavy atom. The third kappa shape index (κ3) is 1.92. The van der Waals surface area contributed by atoms with Crippen molar-refractivity contribution in [2.24, 2.45) is 0 Å². The van der Waals surface area contributed by atoms with Gasteiger partial charge >= 0.3 is 0 Å². The first kappa shape index (κ1) is 7.41. The highest BCUT2D eigenvalue weighted by Gasteiger charge is 1.93. The van der Waals surface area contributed by atoms with Gasteiger partial charge in [0.1, 0.15) is 5.83 Å².